The summed E-state index contributed by atoms with van der Waals surface area (Å²) in [4.78, 5) is 0.297. The van der Waals surface area contributed by atoms with Crippen LogP contribution in [0.5, 0.6) is 0 Å². The molecule has 192 valence electrons. The van der Waals surface area contributed by atoms with Gasteiger partial charge in [-0.15, -0.1) is 0 Å². The van der Waals surface area contributed by atoms with Gasteiger partial charge in [-0.1, -0.05) is 96.1 Å². The number of hydrogen-bond acceptors (Lipinski definition) is 4. The molecule has 4 aromatic rings. The topological polar surface area (TPSA) is 92.3 Å². The molecule has 0 spiro atoms. The van der Waals surface area contributed by atoms with Gasteiger partial charge in [0.15, 0.2) is 0 Å². The Morgan fingerprint density at radius 2 is 0.838 bits per heavy atom. The monoisotopic (exact) mass is 534 g/mol. The first-order valence-electron chi connectivity index (χ1n) is 11.9. The van der Waals surface area contributed by atoms with Gasteiger partial charge in [0.05, 0.1) is 9.79 Å². The Labute approximate surface area is 219 Å². The Bertz CT molecular complexity index is 1400. The van der Waals surface area contributed by atoms with Crippen LogP contribution in [0.2, 0.25) is 0 Å². The summed E-state index contributed by atoms with van der Waals surface area (Å²) < 4.78 is 59.0. The van der Waals surface area contributed by atoms with Crippen molar-refractivity contribution in [1.82, 2.24) is 9.44 Å². The molecule has 0 bridgehead atoms. The zero-order valence-electron chi connectivity index (χ0n) is 20.7. The highest BCUT2D eigenvalue weighted by molar-refractivity contribution is 7.89. The first-order chi connectivity index (χ1) is 17.6. The SMILES string of the molecule is Cc1ccc(S(=O)(=O)N[C@H](C[C@@H](NS(=O)(=O)c2ccc(C)cc2)c2ccccc2)c2ccccc2)cc1. The molecular formula is C29H30N2O4S2. The molecule has 0 radical (unpaired) electrons. The highest BCUT2D eigenvalue weighted by atomic mass is 32.2. The number of rotatable bonds is 10. The molecule has 4 aromatic carbocycles. The van der Waals surface area contributed by atoms with E-state index in [9.17, 15) is 16.8 Å². The molecule has 0 heterocycles. The van der Waals surface area contributed by atoms with E-state index in [4.69, 9.17) is 0 Å². The van der Waals surface area contributed by atoms with Gasteiger partial charge in [0, 0.05) is 12.1 Å². The van der Waals surface area contributed by atoms with Gasteiger partial charge in [0.1, 0.15) is 0 Å². The van der Waals surface area contributed by atoms with E-state index in [2.05, 4.69) is 9.44 Å². The second-order valence-corrected chi connectivity index (χ2v) is 12.5. The fourth-order valence-corrected chi connectivity index (χ4v) is 6.53. The van der Waals surface area contributed by atoms with Crippen LogP contribution in [0.3, 0.4) is 0 Å². The fraction of sp³-hybridized carbons (Fsp3) is 0.172. The van der Waals surface area contributed by atoms with Gasteiger partial charge >= 0.3 is 0 Å². The normalized spacial score (nSPS) is 13.7. The van der Waals surface area contributed by atoms with Crippen LogP contribution in [0.15, 0.2) is 119 Å². The van der Waals surface area contributed by atoms with E-state index >= 15 is 0 Å². The molecule has 2 N–H and O–H groups in total. The molecule has 0 aliphatic heterocycles. The second kappa shape index (κ2) is 11.4. The summed E-state index contributed by atoms with van der Waals surface area (Å²) >= 11 is 0. The zero-order chi connectivity index (χ0) is 26.5. The summed E-state index contributed by atoms with van der Waals surface area (Å²) in [6.45, 7) is 3.78. The molecule has 37 heavy (non-hydrogen) atoms. The predicted octanol–water partition coefficient (Wildman–Crippen LogP) is 5.43. The van der Waals surface area contributed by atoms with Crippen molar-refractivity contribution in [1.29, 1.82) is 0 Å². The maximum absolute atomic E-state index is 13.3. The quantitative estimate of drug-likeness (QED) is 0.284. The largest absolute Gasteiger partial charge is 0.241 e. The van der Waals surface area contributed by atoms with Crippen LogP contribution in [0.1, 0.15) is 40.8 Å². The van der Waals surface area contributed by atoms with Crippen molar-refractivity contribution in [3.05, 3.63) is 131 Å². The number of hydrogen-bond donors (Lipinski definition) is 2. The number of aryl methyl sites for hydroxylation is 2. The zero-order valence-corrected chi connectivity index (χ0v) is 22.3. The molecular weight excluding hydrogens is 504 g/mol. The van der Waals surface area contributed by atoms with Crippen LogP contribution in [-0.2, 0) is 20.0 Å². The van der Waals surface area contributed by atoms with Crippen LogP contribution < -0.4 is 9.44 Å². The third-order valence-electron chi connectivity index (χ3n) is 6.13. The summed E-state index contributed by atoms with van der Waals surface area (Å²) in [5.74, 6) is 0. The number of nitrogens with one attached hydrogen (secondary N) is 2. The molecule has 0 unspecified atom stereocenters. The molecule has 4 rings (SSSR count). The molecule has 0 amide bonds. The lowest BCUT2D eigenvalue weighted by atomic mass is 9.96. The van der Waals surface area contributed by atoms with Gasteiger partial charge < -0.3 is 0 Å². The summed E-state index contributed by atoms with van der Waals surface area (Å²) in [5, 5.41) is 0. The molecule has 0 fully saturated rings. The van der Waals surface area contributed by atoms with Gasteiger partial charge in [0.25, 0.3) is 0 Å². The Morgan fingerprint density at radius 3 is 1.16 bits per heavy atom. The van der Waals surface area contributed by atoms with E-state index in [1.807, 2.05) is 74.5 Å². The van der Waals surface area contributed by atoms with Crippen LogP contribution in [0.4, 0.5) is 0 Å². The van der Waals surface area contributed by atoms with E-state index in [1.54, 1.807) is 48.5 Å². The molecule has 6 nitrogen and oxygen atoms in total. The highest BCUT2D eigenvalue weighted by Gasteiger charge is 2.28. The van der Waals surface area contributed by atoms with Gasteiger partial charge in [-0.3, -0.25) is 0 Å². The maximum Gasteiger partial charge on any atom is 0.241 e. The summed E-state index contributed by atoms with van der Waals surface area (Å²) in [6, 6.07) is 30.2. The van der Waals surface area contributed by atoms with Crippen molar-refractivity contribution >= 4 is 20.0 Å². The Hall–Kier alpha value is -3.30. The van der Waals surface area contributed by atoms with E-state index in [-0.39, 0.29) is 16.2 Å². The smallest absolute Gasteiger partial charge is 0.207 e. The number of sulfonamides is 2. The molecule has 0 aliphatic carbocycles. The van der Waals surface area contributed by atoms with E-state index < -0.39 is 32.1 Å². The lowest BCUT2D eigenvalue weighted by molar-refractivity contribution is 0.474. The summed E-state index contributed by atoms with van der Waals surface area (Å²) in [5.41, 5.74) is 3.36. The predicted molar refractivity (Wildman–Crippen MR) is 146 cm³/mol. The Morgan fingerprint density at radius 1 is 0.514 bits per heavy atom. The molecule has 0 aliphatic rings. The second-order valence-electron chi connectivity index (χ2n) is 9.03. The fourth-order valence-electron chi connectivity index (χ4n) is 4.06. The van der Waals surface area contributed by atoms with Gasteiger partial charge in [-0.05, 0) is 55.7 Å². The van der Waals surface area contributed by atoms with Crippen LogP contribution in [0, 0.1) is 13.8 Å². The van der Waals surface area contributed by atoms with Gasteiger partial charge in [-0.25, -0.2) is 26.3 Å². The molecule has 0 aromatic heterocycles. The Kier molecular flexibility index (Phi) is 8.24. The van der Waals surface area contributed by atoms with Crippen LogP contribution in [-0.4, -0.2) is 16.8 Å². The molecule has 8 heteroatoms. The highest BCUT2D eigenvalue weighted by Crippen LogP contribution is 2.30. The van der Waals surface area contributed by atoms with Crippen molar-refractivity contribution in [2.24, 2.45) is 0 Å². The molecule has 2 atom stereocenters. The third kappa shape index (κ3) is 6.93. The summed E-state index contributed by atoms with van der Waals surface area (Å²) in [6.07, 6.45) is 0.157. The molecule has 0 saturated heterocycles. The average molecular weight is 535 g/mol. The van der Waals surface area contributed by atoms with Crippen molar-refractivity contribution in [2.75, 3.05) is 0 Å². The van der Waals surface area contributed by atoms with Crippen LogP contribution in [0.25, 0.3) is 0 Å². The maximum atomic E-state index is 13.3. The Balaban J connectivity index is 1.70. The average Bonchev–Trinajstić information content (AvgIpc) is 2.89. The molecule has 0 saturated carbocycles. The van der Waals surface area contributed by atoms with E-state index in [0.717, 1.165) is 22.3 Å². The van der Waals surface area contributed by atoms with Gasteiger partial charge in [-0.2, -0.15) is 0 Å². The van der Waals surface area contributed by atoms with Crippen LogP contribution >= 0.6 is 0 Å². The van der Waals surface area contributed by atoms with E-state index in [0.29, 0.717) is 0 Å². The van der Waals surface area contributed by atoms with E-state index in [1.165, 1.54) is 0 Å². The first-order valence-corrected chi connectivity index (χ1v) is 14.9. The standard InChI is InChI=1S/C29H30N2O4S2/c1-22-13-17-26(18-14-22)36(32,33)30-28(24-9-5-3-6-10-24)21-29(25-11-7-4-8-12-25)31-37(34,35)27-19-15-23(2)16-20-27/h3-20,28-31H,21H2,1-2H3/t28-,29-/m1/s1. The van der Waals surface area contributed by atoms with Crippen molar-refractivity contribution in [3.8, 4) is 0 Å². The van der Waals surface area contributed by atoms with Crippen molar-refractivity contribution in [3.63, 3.8) is 0 Å². The summed E-state index contributed by atoms with van der Waals surface area (Å²) in [7, 11) is -7.76. The van der Waals surface area contributed by atoms with Crippen molar-refractivity contribution < 1.29 is 16.8 Å². The minimum atomic E-state index is -3.88. The lowest BCUT2D eigenvalue weighted by Crippen LogP contribution is -2.35. The minimum Gasteiger partial charge on any atom is -0.207 e. The van der Waals surface area contributed by atoms with Crippen molar-refractivity contribution in [2.45, 2.75) is 42.1 Å². The minimum absolute atomic E-state index is 0.149. The van der Waals surface area contributed by atoms with Gasteiger partial charge in [0.2, 0.25) is 20.0 Å². The lowest BCUT2D eigenvalue weighted by Gasteiger charge is -2.26. The third-order valence-corrected chi connectivity index (χ3v) is 9.11. The number of benzene rings is 4. The first kappa shape index (κ1) is 26.8.